The molecule has 3 aromatic rings. The predicted octanol–water partition coefficient (Wildman–Crippen LogP) is 4.08. The first-order chi connectivity index (χ1) is 12.0. The fourth-order valence-corrected chi connectivity index (χ4v) is 3.06. The first-order valence-electron chi connectivity index (χ1n) is 8.22. The van der Waals surface area contributed by atoms with Crippen LogP contribution in [0.4, 0.5) is 5.69 Å². The van der Waals surface area contributed by atoms with Gasteiger partial charge in [-0.05, 0) is 44.0 Å². The maximum Gasteiger partial charge on any atom is 0.311 e. The van der Waals surface area contributed by atoms with Crippen molar-refractivity contribution >= 4 is 16.6 Å². The van der Waals surface area contributed by atoms with Crippen molar-refractivity contribution in [2.24, 2.45) is 12.8 Å². The molecule has 3 rings (SSSR count). The lowest BCUT2D eigenvalue weighted by Gasteiger charge is -2.10. The van der Waals surface area contributed by atoms with Crippen LogP contribution >= 0.6 is 0 Å². The maximum atomic E-state index is 11.4. The Kier molecular flexibility index (Phi) is 4.72. The molecule has 0 unspecified atom stereocenters. The van der Waals surface area contributed by atoms with E-state index in [0.717, 1.165) is 34.9 Å². The fraction of sp³-hybridized carbons (Fsp3) is 0.263. The standard InChI is InChI=1S/C19H21N3O3/c1-13-9-10-18(17(12-13)22(23)24)25-19-15(7-5-11-20)14-6-3-4-8-16(14)21(19)2/h3-4,6,8-10,12H,5,7,11,20H2,1-2H3. The van der Waals surface area contributed by atoms with Gasteiger partial charge in [0.1, 0.15) is 0 Å². The zero-order valence-electron chi connectivity index (χ0n) is 14.4. The zero-order valence-corrected chi connectivity index (χ0v) is 14.4. The number of nitro benzene ring substituents is 1. The summed E-state index contributed by atoms with van der Waals surface area (Å²) in [6.07, 6.45) is 1.58. The molecule has 6 nitrogen and oxygen atoms in total. The number of nitrogens with zero attached hydrogens (tertiary/aromatic N) is 2. The molecule has 0 aliphatic rings. The highest BCUT2D eigenvalue weighted by molar-refractivity contribution is 5.87. The Bertz CT molecular complexity index is 931. The van der Waals surface area contributed by atoms with Crippen LogP contribution in [0.25, 0.3) is 10.9 Å². The minimum absolute atomic E-state index is 0.0324. The summed E-state index contributed by atoms with van der Waals surface area (Å²) in [5, 5.41) is 12.5. The molecule has 0 saturated heterocycles. The van der Waals surface area contributed by atoms with Crippen molar-refractivity contribution in [2.45, 2.75) is 19.8 Å². The van der Waals surface area contributed by atoms with Gasteiger partial charge in [-0.25, -0.2) is 0 Å². The highest BCUT2D eigenvalue weighted by atomic mass is 16.6. The molecular weight excluding hydrogens is 318 g/mol. The van der Waals surface area contributed by atoms with E-state index in [4.69, 9.17) is 10.5 Å². The average Bonchev–Trinajstić information content (AvgIpc) is 2.87. The van der Waals surface area contributed by atoms with Crippen molar-refractivity contribution in [3.8, 4) is 11.6 Å². The van der Waals surface area contributed by atoms with Crippen LogP contribution in [0.1, 0.15) is 17.5 Å². The largest absolute Gasteiger partial charge is 0.433 e. The van der Waals surface area contributed by atoms with E-state index in [1.54, 1.807) is 6.07 Å². The van der Waals surface area contributed by atoms with Crippen LogP contribution in [0.3, 0.4) is 0 Å². The van der Waals surface area contributed by atoms with Crippen molar-refractivity contribution in [2.75, 3.05) is 6.54 Å². The molecule has 25 heavy (non-hydrogen) atoms. The molecule has 0 atom stereocenters. The van der Waals surface area contributed by atoms with Gasteiger partial charge in [0.2, 0.25) is 11.6 Å². The molecule has 1 heterocycles. The number of nitro groups is 1. The van der Waals surface area contributed by atoms with Crippen LogP contribution in [0, 0.1) is 17.0 Å². The topological polar surface area (TPSA) is 83.3 Å². The lowest BCUT2D eigenvalue weighted by Crippen LogP contribution is -2.02. The number of ether oxygens (including phenoxy) is 1. The van der Waals surface area contributed by atoms with E-state index in [1.165, 1.54) is 6.07 Å². The summed E-state index contributed by atoms with van der Waals surface area (Å²) in [6, 6.07) is 13.0. The molecule has 6 heteroatoms. The number of benzene rings is 2. The Morgan fingerprint density at radius 2 is 2.00 bits per heavy atom. The summed E-state index contributed by atoms with van der Waals surface area (Å²) in [5.74, 6) is 0.872. The van der Waals surface area contributed by atoms with Crippen LogP contribution in [0.15, 0.2) is 42.5 Å². The van der Waals surface area contributed by atoms with Crippen LogP contribution in [0.2, 0.25) is 0 Å². The lowest BCUT2D eigenvalue weighted by atomic mass is 10.1. The lowest BCUT2D eigenvalue weighted by molar-refractivity contribution is -0.385. The molecule has 0 amide bonds. The SMILES string of the molecule is Cc1ccc(Oc2c(CCCN)c3ccccc3n2C)c([N+](=O)[O-])c1. The van der Waals surface area contributed by atoms with Gasteiger partial charge in [-0.2, -0.15) is 0 Å². The Hall–Kier alpha value is -2.86. The molecule has 0 aliphatic carbocycles. The van der Waals surface area contributed by atoms with E-state index < -0.39 is 4.92 Å². The Morgan fingerprint density at radius 3 is 2.72 bits per heavy atom. The zero-order chi connectivity index (χ0) is 18.0. The van der Waals surface area contributed by atoms with Crippen LogP contribution < -0.4 is 10.5 Å². The minimum Gasteiger partial charge on any atom is -0.433 e. The second-order valence-electron chi connectivity index (χ2n) is 6.08. The molecule has 2 N–H and O–H groups in total. The quantitative estimate of drug-likeness (QED) is 0.542. The van der Waals surface area contributed by atoms with Crippen LogP contribution in [-0.4, -0.2) is 16.0 Å². The molecule has 0 aliphatic heterocycles. The number of hydrogen-bond donors (Lipinski definition) is 1. The van der Waals surface area contributed by atoms with E-state index in [1.807, 2.05) is 48.9 Å². The van der Waals surface area contributed by atoms with Gasteiger partial charge in [0.15, 0.2) is 0 Å². The second kappa shape index (κ2) is 6.94. The predicted molar refractivity (Wildman–Crippen MR) is 98.2 cm³/mol. The van der Waals surface area contributed by atoms with Gasteiger partial charge in [0.25, 0.3) is 0 Å². The third kappa shape index (κ3) is 3.21. The van der Waals surface area contributed by atoms with E-state index in [2.05, 4.69) is 0 Å². The molecule has 0 radical (unpaired) electrons. The van der Waals surface area contributed by atoms with Gasteiger partial charge in [0, 0.05) is 24.1 Å². The number of nitrogens with two attached hydrogens (primary N) is 1. The molecule has 0 fully saturated rings. The Labute approximate surface area is 146 Å². The highest BCUT2D eigenvalue weighted by Gasteiger charge is 2.21. The van der Waals surface area contributed by atoms with E-state index >= 15 is 0 Å². The maximum absolute atomic E-state index is 11.4. The first kappa shape index (κ1) is 17.0. The Morgan fingerprint density at radius 1 is 1.24 bits per heavy atom. The molecule has 130 valence electrons. The van der Waals surface area contributed by atoms with Gasteiger partial charge in [0.05, 0.1) is 10.4 Å². The van der Waals surface area contributed by atoms with Crippen LogP contribution in [-0.2, 0) is 13.5 Å². The molecular formula is C19H21N3O3. The number of aromatic nitrogens is 1. The van der Waals surface area contributed by atoms with Crippen molar-refractivity contribution in [3.63, 3.8) is 0 Å². The minimum atomic E-state index is -0.412. The molecule has 0 saturated carbocycles. The number of aryl methyl sites for hydroxylation is 3. The smallest absolute Gasteiger partial charge is 0.311 e. The van der Waals surface area contributed by atoms with Gasteiger partial charge in [-0.3, -0.25) is 10.1 Å². The number of para-hydroxylation sites is 1. The number of rotatable bonds is 6. The van der Waals surface area contributed by atoms with Gasteiger partial charge in [-0.15, -0.1) is 0 Å². The molecule has 1 aromatic heterocycles. The Balaban J connectivity index is 2.13. The number of fused-ring (bicyclic) bond motifs is 1. The van der Waals surface area contributed by atoms with Crippen molar-refractivity contribution in [3.05, 3.63) is 63.7 Å². The summed E-state index contributed by atoms with van der Waals surface area (Å²) in [7, 11) is 1.91. The summed E-state index contributed by atoms with van der Waals surface area (Å²) < 4.78 is 7.99. The molecule has 2 aromatic carbocycles. The third-order valence-corrected chi connectivity index (χ3v) is 4.30. The third-order valence-electron chi connectivity index (χ3n) is 4.30. The second-order valence-corrected chi connectivity index (χ2v) is 6.08. The normalized spacial score (nSPS) is 11.0. The van der Waals surface area contributed by atoms with Gasteiger partial charge < -0.3 is 15.0 Å². The van der Waals surface area contributed by atoms with Crippen molar-refractivity contribution in [1.82, 2.24) is 4.57 Å². The van der Waals surface area contributed by atoms with E-state index in [-0.39, 0.29) is 11.4 Å². The molecule has 0 spiro atoms. The van der Waals surface area contributed by atoms with Crippen LogP contribution in [0.5, 0.6) is 11.6 Å². The summed E-state index contributed by atoms with van der Waals surface area (Å²) in [5.41, 5.74) is 8.51. The fourth-order valence-electron chi connectivity index (χ4n) is 3.06. The summed E-state index contributed by atoms with van der Waals surface area (Å²) in [4.78, 5) is 11.0. The van der Waals surface area contributed by atoms with Gasteiger partial charge >= 0.3 is 5.69 Å². The average molecular weight is 339 g/mol. The summed E-state index contributed by atoms with van der Waals surface area (Å²) in [6.45, 7) is 2.40. The highest BCUT2D eigenvalue weighted by Crippen LogP contribution is 2.38. The first-order valence-corrected chi connectivity index (χ1v) is 8.22. The number of hydrogen-bond acceptors (Lipinski definition) is 4. The molecule has 0 bridgehead atoms. The van der Waals surface area contributed by atoms with E-state index in [0.29, 0.717) is 12.4 Å². The van der Waals surface area contributed by atoms with Gasteiger partial charge in [-0.1, -0.05) is 24.3 Å². The monoisotopic (exact) mass is 339 g/mol. The van der Waals surface area contributed by atoms with Crippen molar-refractivity contribution < 1.29 is 9.66 Å². The van der Waals surface area contributed by atoms with E-state index in [9.17, 15) is 10.1 Å². The van der Waals surface area contributed by atoms with Crippen molar-refractivity contribution in [1.29, 1.82) is 0 Å². The summed E-state index contributed by atoms with van der Waals surface area (Å²) >= 11 is 0.